The molecule has 0 unspecified atom stereocenters. The van der Waals surface area contributed by atoms with Crippen LogP contribution in [-0.2, 0) is 19.1 Å². The van der Waals surface area contributed by atoms with Crippen LogP contribution in [-0.4, -0.2) is 113 Å². The summed E-state index contributed by atoms with van der Waals surface area (Å²) in [5, 5.41) is 30.6. The molecule has 1 fully saturated rings. The van der Waals surface area contributed by atoms with Gasteiger partial charge in [0.15, 0.2) is 0 Å². The van der Waals surface area contributed by atoms with Gasteiger partial charge in [-0.1, -0.05) is 26.0 Å². The van der Waals surface area contributed by atoms with Crippen LogP contribution in [0, 0.1) is 11.7 Å². The number of nitrogens with two attached hydrogens (primary N) is 1. The van der Waals surface area contributed by atoms with E-state index in [0.717, 1.165) is 6.07 Å². The molecule has 0 saturated carbocycles. The van der Waals surface area contributed by atoms with E-state index in [-0.39, 0.29) is 64.0 Å². The van der Waals surface area contributed by atoms with Crippen molar-refractivity contribution in [3.63, 3.8) is 0 Å². The molecule has 1 saturated heterocycles. The fourth-order valence-electron chi connectivity index (χ4n) is 4.15. The SMILES string of the molecule is CC(C)CCO[C@@H]1CN(C(=O)c2ccccc2F)CCN(C(=O)[C@@H](N)CC(=O)O)CCCCOC[C@@H](O)[C@H]1O.Cl. The number of rotatable bonds is 8. The van der Waals surface area contributed by atoms with Crippen molar-refractivity contribution in [3.8, 4) is 0 Å². The number of hydrogen-bond donors (Lipinski definition) is 4. The highest BCUT2D eigenvalue weighted by molar-refractivity contribution is 5.94. The summed E-state index contributed by atoms with van der Waals surface area (Å²) in [6, 6.07) is 4.20. The van der Waals surface area contributed by atoms with Crippen molar-refractivity contribution in [1.82, 2.24) is 9.80 Å². The second-order valence-electron chi connectivity index (χ2n) is 10.2. The number of aliphatic carboxylic acids is 1. The molecule has 0 aliphatic carbocycles. The molecule has 13 heteroatoms. The van der Waals surface area contributed by atoms with Crippen molar-refractivity contribution in [3.05, 3.63) is 35.6 Å². The van der Waals surface area contributed by atoms with Crippen LogP contribution in [0.3, 0.4) is 0 Å². The normalized spacial score (nSPS) is 22.2. The van der Waals surface area contributed by atoms with Crippen molar-refractivity contribution in [2.45, 2.75) is 63.9 Å². The number of carboxylic acid groups (broad SMARTS) is 1. The molecule has 40 heavy (non-hydrogen) atoms. The fraction of sp³-hybridized carbons (Fsp3) is 0.667. The number of aliphatic hydroxyl groups is 2. The predicted molar refractivity (Wildman–Crippen MR) is 148 cm³/mol. The Morgan fingerprint density at radius 2 is 1.80 bits per heavy atom. The highest BCUT2D eigenvalue weighted by Gasteiger charge is 2.33. The molecule has 0 radical (unpaired) electrons. The zero-order valence-corrected chi connectivity index (χ0v) is 23.9. The zero-order valence-electron chi connectivity index (χ0n) is 23.1. The fourth-order valence-corrected chi connectivity index (χ4v) is 4.15. The second kappa shape index (κ2) is 18.2. The van der Waals surface area contributed by atoms with Crippen molar-refractivity contribution >= 4 is 30.2 Å². The number of halogens is 2. The van der Waals surface area contributed by atoms with Gasteiger partial charge in [-0.05, 0) is 37.3 Å². The average Bonchev–Trinajstić information content (AvgIpc) is 2.88. The van der Waals surface area contributed by atoms with E-state index in [1.54, 1.807) is 0 Å². The van der Waals surface area contributed by atoms with Crippen LogP contribution >= 0.6 is 12.4 Å². The molecule has 1 aromatic carbocycles. The lowest BCUT2D eigenvalue weighted by atomic mass is 10.1. The number of carbonyl (C=O) groups is 3. The van der Waals surface area contributed by atoms with Gasteiger partial charge in [0.2, 0.25) is 5.91 Å². The Balaban J connectivity index is 0.00000800. The number of hydrogen-bond acceptors (Lipinski definition) is 8. The quantitative estimate of drug-likeness (QED) is 0.349. The molecule has 4 atom stereocenters. The number of aliphatic hydroxyl groups excluding tert-OH is 2. The molecule has 1 heterocycles. The van der Waals surface area contributed by atoms with Crippen molar-refractivity contribution in [2.75, 3.05) is 46.0 Å². The molecule has 1 aliphatic rings. The van der Waals surface area contributed by atoms with Gasteiger partial charge < -0.3 is 40.3 Å². The summed E-state index contributed by atoms with van der Waals surface area (Å²) in [6.45, 7) is 4.32. The minimum Gasteiger partial charge on any atom is -0.481 e. The highest BCUT2D eigenvalue weighted by Crippen LogP contribution is 2.16. The van der Waals surface area contributed by atoms with Crippen molar-refractivity contribution in [1.29, 1.82) is 0 Å². The molecule has 1 aliphatic heterocycles. The summed E-state index contributed by atoms with van der Waals surface area (Å²) in [7, 11) is 0. The molecule has 0 bridgehead atoms. The highest BCUT2D eigenvalue weighted by atomic mass is 35.5. The Bertz CT molecular complexity index is 941. The van der Waals surface area contributed by atoms with Crippen molar-refractivity contribution < 1.29 is 43.6 Å². The van der Waals surface area contributed by atoms with Crippen LogP contribution in [0.2, 0.25) is 0 Å². The first kappa shape index (κ1) is 35.7. The Labute approximate surface area is 240 Å². The monoisotopic (exact) mass is 591 g/mol. The summed E-state index contributed by atoms with van der Waals surface area (Å²) in [6.07, 6.45) is -2.58. The van der Waals surface area contributed by atoms with E-state index in [1.165, 1.54) is 28.0 Å². The van der Waals surface area contributed by atoms with E-state index in [1.807, 2.05) is 13.8 Å². The van der Waals surface area contributed by atoms with Crippen LogP contribution in [0.1, 0.15) is 49.9 Å². The number of nitrogens with zero attached hydrogens (tertiary/aromatic N) is 2. The maximum Gasteiger partial charge on any atom is 0.305 e. The van der Waals surface area contributed by atoms with E-state index in [0.29, 0.717) is 25.2 Å². The Hall–Kier alpha value is -2.35. The van der Waals surface area contributed by atoms with E-state index in [9.17, 15) is 29.0 Å². The summed E-state index contributed by atoms with van der Waals surface area (Å²) < 4.78 is 26.0. The molecule has 0 spiro atoms. The average molecular weight is 592 g/mol. The van der Waals surface area contributed by atoms with Gasteiger partial charge in [0.25, 0.3) is 5.91 Å². The maximum atomic E-state index is 14.6. The summed E-state index contributed by atoms with van der Waals surface area (Å²) in [5.74, 6) is -2.90. The molecule has 5 N–H and O–H groups in total. The number of carboxylic acids is 1. The van der Waals surface area contributed by atoms with E-state index >= 15 is 0 Å². The van der Waals surface area contributed by atoms with Crippen LogP contribution < -0.4 is 5.73 Å². The Morgan fingerprint density at radius 1 is 1.12 bits per heavy atom. The van der Waals surface area contributed by atoms with Gasteiger partial charge in [0.05, 0.1) is 24.6 Å². The number of ether oxygens (including phenoxy) is 2. The largest absolute Gasteiger partial charge is 0.481 e. The first-order chi connectivity index (χ1) is 18.5. The maximum absolute atomic E-state index is 14.6. The first-order valence-corrected chi connectivity index (χ1v) is 13.4. The lowest BCUT2D eigenvalue weighted by Gasteiger charge is -2.34. The third kappa shape index (κ3) is 11.6. The Kier molecular flexibility index (Phi) is 16.2. The molecule has 2 amide bonds. The lowest BCUT2D eigenvalue weighted by molar-refractivity contribution is -0.142. The summed E-state index contributed by atoms with van der Waals surface area (Å²) >= 11 is 0. The molecule has 11 nitrogen and oxygen atoms in total. The number of amides is 2. The minimum absolute atomic E-state index is 0. The van der Waals surface area contributed by atoms with Crippen LogP contribution in [0.15, 0.2) is 24.3 Å². The van der Waals surface area contributed by atoms with Gasteiger partial charge in [-0.3, -0.25) is 14.4 Å². The molecular formula is C27H43ClFN3O8. The second-order valence-corrected chi connectivity index (χ2v) is 10.2. The van der Waals surface area contributed by atoms with Gasteiger partial charge in [0, 0.05) is 39.4 Å². The predicted octanol–water partition coefficient (Wildman–Crippen LogP) is 1.28. The van der Waals surface area contributed by atoms with Gasteiger partial charge >= 0.3 is 5.97 Å². The van der Waals surface area contributed by atoms with Gasteiger partial charge in [0.1, 0.15) is 24.1 Å². The van der Waals surface area contributed by atoms with E-state index in [4.69, 9.17) is 20.3 Å². The summed E-state index contributed by atoms with van der Waals surface area (Å²) in [4.78, 5) is 40.2. The minimum atomic E-state index is -1.40. The lowest BCUT2D eigenvalue weighted by Crippen LogP contribution is -2.52. The molecule has 228 valence electrons. The van der Waals surface area contributed by atoms with Crippen molar-refractivity contribution in [2.24, 2.45) is 11.7 Å². The van der Waals surface area contributed by atoms with E-state index in [2.05, 4.69) is 0 Å². The van der Waals surface area contributed by atoms with Gasteiger partial charge in [-0.25, -0.2) is 4.39 Å². The molecule has 0 aromatic heterocycles. The smallest absolute Gasteiger partial charge is 0.305 e. The first-order valence-electron chi connectivity index (χ1n) is 13.4. The Morgan fingerprint density at radius 3 is 2.45 bits per heavy atom. The van der Waals surface area contributed by atoms with Gasteiger partial charge in [-0.15, -0.1) is 12.4 Å². The third-order valence-electron chi connectivity index (χ3n) is 6.51. The van der Waals surface area contributed by atoms with Crippen LogP contribution in [0.5, 0.6) is 0 Å². The van der Waals surface area contributed by atoms with Crippen LogP contribution in [0.25, 0.3) is 0 Å². The standard InChI is InChI=1S/C27H42FN3O8.ClH/c1-18(2)9-14-39-23-16-31(26(36)19-7-3-4-8-20(19)28)12-11-30(27(37)21(29)15-24(33)34)10-5-6-13-38-17-22(32)25(23)35;/h3-4,7-8,18,21-23,25,32,35H,5-6,9-17,29H2,1-2H3,(H,33,34);1H/t21-,22+,23+,25+;/m0./s1. The van der Waals surface area contributed by atoms with E-state index < -0.39 is 54.4 Å². The van der Waals surface area contributed by atoms with Gasteiger partial charge in [-0.2, -0.15) is 0 Å². The molecule has 2 rings (SSSR count). The molecular weight excluding hydrogens is 549 g/mol. The number of carbonyl (C=O) groups excluding carboxylic acids is 2. The topological polar surface area (TPSA) is 163 Å². The molecule has 1 aromatic rings. The zero-order chi connectivity index (χ0) is 28.9. The number of benzene rings is 1. The summed E-state index contributed by atoms with van der Waals surface area (Å²) in [5.41, 5.74) is 5.65. The third-order valence-corrected chi connectivity index (χ3v) is 6.51. The van der Waals surface area contributed by atoms with Crippen LogP contribution in [0.4, 0.5) is 4.39 Å².